The van der Waals surface area contributed by atoms with E-state index >= 15 is 0 Å². The lowest BCUT2D eigenvalue weighted by Gasteiger charge is -2.32. The van der Waals surface area contributed by atoms with Crippen LogP contribution >= 0.6 is 0 Å². The first-order valence-electron chi connectivity index (χ1n) is 8.44. The average Bonchev–Trinajstić information content (AvgIpc) is 2.56. The van der Waals surface area contributed by atoms with E-state index in [0.717, 1.165) is 24.7 Å². The monoisotopic (exact) mass is 323 g/mol. The fourth-order valence-electron chi connectivity index (χ4n) is 2.72. The van der Waals surface area contributed by atoms with Crippen molar-refractivity contribution in [1.82, 2.24) is 5.32 Å². The van der Waals surface area contributed by atoms with Crippen LogP contribution in [0.15, 0.2) is 11.5 Å². The Labute approximate surface area is 140 Å². The Morgan fingerprint density at radius 1 is 1.26 bits per heavy atom. The molecule has 1 heterocycles. The van der Waals surface area contributed by atoms with Crippen molar-refractivity contribution in [2.45, 2.75) is 90.6 Å². The minimum absolute atomic E-state index is 0.0591. The topological polar surface area (TPSA) is 56.8 Å². The highest BCUT2D eigenvalue weighted by molar-refractivity contribution is 6.54. The first-order valence-corrected chi connectivity index (χ1v) is 8.44. The lowest BCUT2D eigenvalue weighted by Crippen LogP contribution is -2.41. The standard InChI is InChI=1S/C17H30BNO4/c1-15(2,3)21-14(20)19-13-10-8-9-12(11-13)18-22-16(4,5)17(6,7)23-18/h9,13H,8,10-11H2,1-7H3,(H,19,20)/t13-/m0/s1. The molecule has 1 N–H and O–H groups in total. The maximum atomic E-state index is 11.9. The molecule has 6 heteroatoms. The predicted octanol–water partition coefficient (Wildman–Crippen LogP) is 3.62. The van der Waals surface area contributed by atoms with E-state index in [1.807, 2.05) is 48.5 Å². The Morgan fingerprint density at radius 2 is 1.83 bits per heavy atom. The molecule has 0 aromatic rings. The van der Waals surface area contributed by atoms with Gasteiger partial charge in [0.2, 0.25) is 0 Å². The zero-order chi connectivity index (χ0) is 17.5. The molecule has 0 bridgehead atoms. The van der Waals surface area contributed by atoms with Gasteiger partial charge in [-0.1, -0.05) is 6.08 Å². The van der Waals surface area contributed by atoms with Crippen LogP contribution in [-0.4, -0.2) is 36.1 Å². The van der Waals surface area contributed by atoms with Crippen molar-refractivity contribution in [3.05, 3.63) is 11.5 Å². The smallest absolute Gasteiger partial charge is 0.444 e. The van der Waals surface area contributed by atoms with Crippen molar-refractivity contribution >= 4 is 13.2 Å². The van der Waals surface area contributed by atoms with Gasteiger partial charge in [-0.05, 0) is 73.2 Å². The number of allylic oxidation sites excluding steroid dienone is 1. The molecule has 1 atom stereocenters. The van der Waals surface area contributed by atoms with Gasteiger partial charge < -0.3 is 19.4 Å². The Bertz CT molecular complexity index is 477. The summed E-state index contributed by atoms with van der Waals surface area (Å²) in [6.07, 6.45) is 4.35. The van der Waals surface area contributed by atoms with Crippen LogP contribution in [0.2, 0.25) is 0 Å². The maximum Gasteiger partial charge on any atom is 0.490 e. The predicted molar refractivity (Wildman–Crippen MR) is 91.2 cm³/mol. The molecule has 0 aromatic carbocycles. The molecule has 0 saturated carbocycles. The normalized spacial score (nSPS) is 26.7. The minimum Gasteiger partial charge on any atom is -0.444 e. The zero-order valence-electron chi connectivity index (χ0n) is 15.5. The van der Waals surface area contributed by atoms with Crippen molar-refractivity contribution in [3.63, 3.8) is 0 Å². The lowest BCUT2D eigenvalue weighted by atomic mass is 9.71. The van der Waals surface area contributed by atoms with Crippen LogP contribution in [0, 0.1) is 0 Å². The second kappa shape index (κ2) is 6.13. The molecule has 1 aliphatic heterocycles. The van der Waals surface area contributed by atoms with Crippen molar-refractivity contribution in [2.24, 2.45) is 0 Å². The molecular formula is C17H30BNO4. The van der Waals surface area contributed by atoms with E-state index in [1.165, 1.54) is 0 Å². The molecule has 0 radical (unpaired) electrons. The number of carbonyl (C=O) groups excluding carboxylic acids is 1. The van der Waals surface area contributed by atoms with E-state index in [-0.39, 0.29) is 30.5 Å². The number of carbonyl (C=O) groups is 1. The van der Waals surface area contributed by atoms with Crippen LogP contribution in [0.4, 0.5) is 4.79 Å². The lowest BCUT2D eigenvalue weighted by molar-refractivity contribution is 0.00578. The molecule has 2 aliphatic rings. The zero-order valence-corrected chi connectivity index (χ0v) is 15.5. The third kappa shape index (κ3) is 4.51. The Kier molecular flexibility index (Phi) is 4.89. The quantitative estimate of drug-likeness (QED) is 0.789. The second-order valence-electron chi connectivity index (χ2n) is 8.49. The summed E-state index contributed by atoms with van der Waals surface area (Å²) >= 11 is 0. The van der Waals surface area contributed by atoms with E-state index in [2.05, 4.69) is 11.4 Å². The summed E-state index contributed by atoms with van der Waals surface area (Å²) in [4.78, 5) is 11.9. The van der Waals surface area contributed by atoms with Gasteiger partial charge in [0.15, 0.2) is 0 Å². The average molecular weight is 323 g/mol. The van der Waals surface area contributed by atoms with Crippen molar-refractivity contribution in [2.75, 3.05) is 0 Å². The number of rotatable bonds is 2. The molecule has 5 nitrogen and oxygen atoms in total. The molecular weight excluding hydrogens is 293 g/mol. The highest BCUT2D eigenvalue weighted by Crippen LogP contribution is 2.40. The summed E-state index contributed by atoms with van der Waals surface area (Å²) in [6.45, 7) is 13.8. The summed E-state index contributed by atoms with van der Waals surface area (Å²) in [5.74, 6) is 0. The molecule has 1 aliphatic carbocycles. The van der Waals surface area contributed by atoms with Crippen LogP contribution in [0.3, 0.4) is 0 Å². The molecule has 23 heavy (non-hydrogen) atoms. The van der Waals surface area contributed by atoms with E-state index in [1.54, 1.807) is 0 Å². The maximum absolute atomic E-state index is 11.9. The van der Waals surface area contributed by atoms with Gasteiger partial charge in [0.05, 0.1) is 11.2 Å². The van der Waals surface area contributed by atoms with Crippen LogP contribution in [0.5, 0.6) is 0 Å². The first kappa shape index (κ1) is 18.3. The summed E-state index contributed by atoms with van der Waals surface area (Å²) in [5.41, 5.74) is -0.0620. The minimum atomic E-state index is -0.483. The highest BCUT2D eigenvalue weighted by Gasteiger charge is 2.52. The highest BCUT2D eigenvalue weighted by atomic mass is 16.7. The third-order valence-electron chi connectivity index (χ3n) is 4.68. The van der Waals surface area contributed by atoms with E-state index in [4.69, 9.17) is 14.0 Å². The first-order chi connectivity index (χ1) is 10.4. The summed E-state index contributed by atoms with van der Waals surface area (Å²) in [5, 5.41) is 2.96. The second-order valence-corrected chi connectivity index (χ2v) is 8.49. The van der Waals surface area contributed by atoms with Gasteiger partial charge in [-0.3, -0.25) is 0 Å². The van der Waals surface area contributed by atoms with E-state index in [0.29, 0.717) is 0 Å². The van der Waals surface area contributed by atoms with Crippen LogP contribution in [-0.2, 0) is 14.0 Å². The fraction of sp³-hybridized carbons (Fsp3) is 0.824. The van der Waals surface area contributed by atoms with Crippen LogP contribution in [0.25, 0.3) is 0 Å². The van der Waals surface area contributed by atoms with Crippen molar-refractivity contribution in [3.8, 4) is 0 Å². The van der Waals surface area contributed by atoms with Crippen molar-refractivity contribution in [1.29, 1.82) is 0 Å². The molecule has 1 saturated heterocycles. The fourth-order valence-corrected chi connectivity index (χ4v) is 2.72. The van der Waals surface area contributed by atoms with Gasteiger partial charge in [0, 0.05) is 6.04 Å². The number of amides is 1. The number of alkyl carbamates (subject to hydrolysis) is 1. The molecule has 0 spiro atoms. The van der Waals surface area contributed by atoms with Crippen molar-refractivity contribution < 1.29 is 18.8 Å². The van der Waals surface area contributed by atoms with Gasteiger partial charge in [-0.25, -0.2) is 4.79 Å². The Hall–Kier alpha value is -1.01. The van der Waals surface area contributed by atoms with Crippen LogP contribution < -0.4 is 5.32 Å². The van der Waals surface area contributed by atoms with Gasteiger partial charge >= 0.3 is 13.2 Å². The molecule has 1 amide bonds. The molecule has 2 rings (SSSR count). The third-order valence-corrected chi connectivity index (χ3v) is 4.68. The van der Waals surface area contributed by atoms with Gasteiger partial charge in [0.25, 0.3) is 0 Å². The molecule has 0 aromatic heterocycles. The summed E-state index contributed by atoms with van der Waals surface area (Å²) in [7, 11) is -0.330. The largest absolute Gasteiger partial charge is 0.490 e. The molecule has 0 unspecified atom stereocenters. The Morgan fingerprint density at radius 3 is 2.35 bits per heavy atom. The van der Waals surface area contributed by atoms with Gasteiger partial charge in [0.1, 0.15) is 5.60 Å². The van der Waals surface area contributed by atoms with Gasteiger partial charge in [-0.15, -0.1) is 0 Å². The number of hydrogen-bond acceptors (Lipinski definition) is 4. The number of ether oxygens (including phenoxy) is 1. The van der Waals surface area contributed by atoms with E-state index < -0.39 is 5.60 Å². The van der Waals surface area contributed by atoms with Crippen LogP contribution in [0.1, 0.15) is 67.7 Å². The van der Waals surface area contributed by atoms with Gasteiger partial charge in [-0.2, -0.15) is 0 Å². The molecule has 130 valence electrons. The summed E-state index contributed by atoms with van der Waals surface area (Å²) in [6, 6.07) is 0.0591. The number of hydrogen-bond donors (Lipinski definition) is 1. The summed E-state index contributed by atoms with van der Waals surface area (Å²) < 4.78 is 17.5. The Balaban J connectivity index is 1.94. The SMILES string of the molecule is CC(C)(C)OC(=O)N[C@H]1CCC=C(B2OC(C)(C)C(C)(C)O2)C1. The molecule has 1 fully saturated rings. The number of nitrogens with one attached hydrogen (secondary N) is 1. The van der Waals surface area contributed by atoms with E-state index in [9.17, 15) is 4.79 Å².